The predicted molar refractivity (Wildman–Crippen MR) is 52.2 cm³/mol. The van der Waals surface area contributed by atoms with Crippen LogP contribution in [-0.4, -0.2) is 28.6 Å². The first-order chi connectivity index (χ1) is 7.33. The Balaban J connectivity index is 1.57. The summed E-state index contributed by atoms with van der Waals surface area (Å²) in [5.41, 5.74) is 1.77. The number of hydrogen-bond acceptors (Lipinski definition) is 5. The first-order valence-electron chi connectivity index (χ1n) is 5.50. The van der Waals surface area contributed by atoms with Crippen molar-refractivity contribution in [2.45, 2.75) is 51.0 Å². The molecule has 5 heteroatoms. The zero-order valence-corrected chi connectivity index (χ0v) is 8.77. The second-order valence-corrected chi connectivity index (χ2v) is 4.39. The molecule has 3 heterocycles. The zero-order chi connectivity index (χ0) is 10.3. The highest BCUT2D eigenvalue weighted by molar-refractivity contribution is 5.05. The Hall–Kier alpha value is -0.940. The number of hydrogen-bond donors (Lipinski definition) is 1. The number of aromatic nitrogens is 2. The number of fused-ring (bicyclic) bond motifs is 2. The highest BCUT2D eigenvalue weighted by atomic mass is 16.6. The van der Waals surface area contributed by atoms with Gasteiger partial charge in [0, 0.05) is 12.6 Å². The molecule has 1 N–H and O–H groups in total. The molecule has 1 aromatic heterocycles. The van der Waals surface area contributed by atoms with E-state index in [-0.39, 0.29) is 0 Å². The maximum Gasteiger partial charge on any atom is 0.121 e. The summed E-state index contributed by atoms with van der Waals surface area (Å²) in [4.78, 5) is 0. The first-order valence-corrected chi connectivity index (χ1v) is 5.50. The minimum absolute atomic E-state index is 0.412. The summed E-state index contributed by atoms with van der Waals surface area (Å²) in [5, 5.41) is 11.1. The number of rotatable bonds is 3. The van der Waals surface area contributed by atoms with E-state index >= 15 is 0 Å². The Morgan fingerprint density at radius 3 is 2.93 bits per heavy atom. The fourth-order valence-corrected chi connectivity index (χ4v) is 2.49. The second-order valence-electron chi connectivity index (χ2n) is 4.39. The van der Waals surface area contributed by atoms with E-state index in [0.717, 1.165) is 24.4 Å². The predicted octanol–water partition coefficient (Wildman–Crippen LogP) is 0.788. The van der Waals surface area contributed by atoms with Gasteiger partial charge in [-0.05, 0) is 26.2 Å². The Kier molecular flexibility index (Phi) is 2.21. The number of nitrogens with one attached hydrogen (secondary N) is 1. The molecule has 2 aliphatic heterocycles. The summed E-state index contributed by atoms with van der Waals surface area (Å²) in [6.45, 7) is 2.64. The van der Waals surface area contributed by atoms with Crippen molar-refractivity contribution in [3.8, 4) is 0 Å². The Morgan fingerprint density at radius 2 is 2.33 bits per heavy atom. The van der Waals surface area contributed by atoms with Gasteiger partial charge in [0.15, 0.2) is 0 Å². The summed E-state index contributed by atoms with van der Waals surface area (Å²) in [6.07, 6.45) is 4.46. The summed E-state index contributed by atoms with van der Waals surface area (Å²) in [7, 11) is 0. The molecule has 3 rings (SSSR count). The third kappa shape index (κ3) is 1.66. The fraction of sp³-hybridized carbons (Fsp3) is 0.800. The highest BCUT2D eigenvalue weighted by Gasteiger charge is 2.40. The zero-order valence-electron chi connectivity index (χ0n) is 8.77. The maximum absolute atomic E-state index is 5.76. The van der Waals surface area contributed by atoms with Crippen molar-refractivity contribution in [2.75, 3.05) is 0 Å². The van der Waals surface area contributed by atoms with Gasteiger partial charge in [-0.1, -0.05) is 10.3 Å². The van der Waals surface area contributed by atoms with Crippen molar-refractivity contribution < 1.29 is 9.37 Å². The van der Waals surface area contributed by atoms with Crippen LogP contribution in [0.1, 0.15) is 30.7 Å². The van der Waals surface area contributed by atoms with E-state index in [2.05, 4.69) is 20.3 Å². The van der Waals surface area contributed by atoms with Crippen molar-refractivity contribution in [1.82, 2.24) is 15.6 Å². The molecule has 2 fully saturated rings. The average Bonchev–Trinajstić information content (AvgIpc) is 2.90. The van der Waals surface area contributed by atoms with Gasteiger partial charge in [0.1, 0.15) is 11.4 Å². The van der Waals surface area contributed by atoms with E-state index in [1.54, 1.807) is 0 Å². The molecule has 0 aliphatic carbocycles. The SMILES string of the molecule is Cc1nonc1CNC1CC2CCC1O2. The fourth-order valence-electron chi connectivity index (χ4n) is 2.49. The van der Waals surface area contributed by atoms with Gasteiger partial charge in [-0.15, -0.1) is 0 Å². The molecule has 0 aromatic carbocycles. The number of nitrogens with zero attached hydrogens (tertiary/aromatic N) is 2. The van der Waals surface area contributed by atoms with Gasteiger partial charge >= 0.3 is 0 Å². The molecule has 0 amide bonds. The smallest absolute Gasteiger partial charge is 0.121 e. The van der Waals surface area contributed by atoms with Crippen molar-refractivity contribution in [3.63, 3.8) is 0 Å². The molecule has 82 valence electrons. The Bertz CT molecular complexity index is 352. The summed E-state index contributed by atoms with van der Waals surface area (Å²) in [6, 6.07) is 0.486. The third-order valence-electron chi connectivity index (χ3n) is 3.38. The summed E-state index contributed by atoms with van der Waals surface area (Å²) < 4.78 is 10.4. The minimum atomic E-state index is 0.412. The van der Waals surface area contributed by atoms with E-state index in [0.29, 0.717) is 18.2 Å². The quantitative estimate of drug-likeness (QED) is 0.797. The van der Waals surface area contributed by atoms with Crippen LogP contribution in [0.15, 0.2) is 4.63 Å². The third-order valence-corrected chi connectivity index (χ3v) is 3.38. The van der Waals surface area contributed by atoms with Gasteiger partial charge in [0.2, 0.25) is 0 Å². The molecule has 2 aliphatic rings. The van der Waals surface area contributed by atoms with E-state index in [9.17, 15) is 0 Å². The van der Waals surface area contributed by atoms with Crippen LogP contribution in [0.5, 0.6) is 0 Å². The lowest BCUT2D eigenvalue weighted by molar-refractivity contribution is 0.0972. The lowest BCUT2D eigenvalue weighted by atomic mass is 9.95. The van der Waals surface area contributed by atoms with Crippen LogP contribution in [0, 0.1) is 6.92 Å². The van der Waals surface area contributed by atoms with Crippen LogP contribution in [0.4, 0.5) is 0 Å². The van der Waals surface area contributed by atoms with Gasteiger partial charge in [0.05, 0.1) is 12.2 Å². The van der Waals surface area contributed by atoms with Crippen LogP contribution in [0.3, 0.4) is 0 Å². The van der Waals surface area contributed by atoms with Crippen LogP contribution < -0.4 is 5.32 Å². The molecule has 0 saturated carbocycles. The molecule has 5 nitrogen and oxygen atoms in total. The molecular weight excluding hydrogens is 194 g/mol. The molecule has 2 bridgehead atoms. The van der Waals surface area contributed by atoms with Crippen LogP contribution in [-0.2, 0) is 11.3 Å². The minimum Gasteiger partial charge on any atom is -0.373 e. The van der Waals surface area contributed by atoms with Crippen molar-refractivity contribution in [1.29, 1.82) is 0 Å². The first kappa shape index (κ1) is 9.30. The molecule has 15 heavy (non-hydrogen) atoms. The molecule has 3 atom stereocenters. The van der Waals surface area contributed by atoms with E-state index in [1.807, 2.05) is 6.92 Å². The summed E-state index contributed by atoms with van der Waals surface area (Å²) in [5.74, 6) is 0. The number of aryl methyl sites for hydroxylation is 1. The molecule has 0 radical (unpaired) electrons. The normalized spacial score (nSPS) is 33.8. The van der Waals surface area contributed by atoms with Crippen LogP contribution in [0.2, 0.25) is 0 Å². The number of ether oxygens (including phenoxy) is 1. The lowest BCUT2D eigenvalue weighted by Gasteiger charge is -2.19. The lowest BCUT2D eigenvalue weighted by Crippen LogP contribution is -2.37. The van der Waals surface area contributed by atoms with Crippen molar-refractivity contribution in [2.24, 2.45) is 0 Å². The average molecular weight is 209 g/mol. The molecule has 3 unspecified atom stereocenters. The summed E-state index contributed by atoms with van der Waals surface area (Å²) >= 11 is 0. The van der Waals surface area contributed by atoms with Gasteiger partial charge in [-0.2, -0.15) is 0 Å². The molecule has 0 spiro atoms. The van der Waals surface area contributed by atoms with Gasteiger partial charge in [0.25, 0.3) is 0 Å². The van der Waals surface area contributed by atoms with Crippen molar-refractivity contribution in [3.05, 3.63) is 11.4 Å². The maximum atomic E-state index is 5.76. The monoisotopic (exact) mass is 209 g/mol. The van der Waals surface area contributed by atoms with E-state index in [1.165, 1.54) is 12.8 Å². The second kappa shape index (κ2) is 3.57. The highest BCUT2D eigenvalue weighted by Crippen LogP contribution is 2.34. The van der Waals surface area contributed by atoms with E-state index in [4.69, 9.17) is 4.74 Å². The van der Waals surface area contributed by atoms with Crippen LogP contribution in [0.25, 0.3) is 0 Å². The molecule has 2 saturated heterocycles. The standard InChI is InChI=1S/C10H15N3O2/c1-6-9(13-15-12-6)5-11-8-4-7-2-3-10(8)14-7/h7-8,10-11H,2-5H2,1H3. The van der Waals surface area contributed by atoms with Crippen LogP contribution >= 0.6 is 0 Å². The van der Waals surface area contributed by atoms with Gasteiger partial charge in [-0.3, -0.25) is 0 Å². The van der Waals surface area contributed by atoms with Gasteiger partial charge in [-0.25, -0.2) is 4.63 Å². The van der Waals surface area contributed by atoms with Crippen molar-refractivity contribution >= 4 is 0 Å². The molecule has 1 aromatic rings. The van der Waals surface area contributed by atoms with Gasteiger partial charge < -0.3 is 10.1 Å². The van der Waals surface area contributed by atoms with E-state index < -0.39 is 0 Å². The Labute approximate surface area is 88.1 Å². The Morgan fingerprint density at radius 1 is 1.40 bits per heavy atom. The topological polar surface area (TPSA) is 60.2 Å². The largest absolute Gasteiger partial charge is 0.373 e. The molecular formula is C10H15N3O2.